The highest BCUT2D eigenvalue weighted by molar-refractivity contribution is 7.90. The molecule has 126 valence electrons. The normalized spacial score (nSPS) is 15.0. The molecule has 1 aromatic carbocycles. The molecule has 2 rings (SSSR count). The van der Waals surface area contributed by atoms with Gasteiger partial charge in [-0.05, 0) is 45.9 Å². The number of methoxy groups -OCH3 is 1. The van der Waals surface area contributed by atoms with E-state index in [0.29, 0.717) is 27.6 Å². The topological polar surface area (TPSA) is 61.3 Å². The van der Waals surface area contributed by atoms with E-state index in [-0.39, 0.29) is 10.8 Å². The van der Waals surface area contributed by atoms with Gasteiger partial charge in [0.2, 0.25) is 5.88 Å². The molecule has 1 aromatic heterocycles. The van der Waals surface area contributed by atoms with E-state index in [0.717, 1.165) is 0 Å². The van der Waals surface area contributed by atoms with Crippen LogP contribution in [0.25, 0.3) is 11.0 Å². The second kappa shape index (κ2) is 6.81. The third kappa shape index (κ3) is 3.88. The van der Waals surface area contributed by atoms with Gasteiger partial charge in [-0.2, -0.15) is 0 Å². The van der Waals surface area contributed by atoms with Crippen molar-refractivity contribution in [1.82, 2.24) is 14.3 Å². The van der Waals surface area contributed by atoms with E-state index in [1.807, 2.05) is 34.7 Å². The minimum atomic E-state index is -1.18. The number of aromatic nitrogens is 2. The predicted molar refractivity (Wildman–Crippen MR) is 95.2 cm³/mol. The van der Waals surface area contributed by atoms with Crippen molar-refractivity contribution in [2.45, 2.75) is 38.5 Å². The van der Waals surface area contributed by atoms with Gasteiger partial charge in [0.25, 0.3) is 0 Å². The molecule has 0 saturated heterocycles. The molecule has 5 nitrogen and oxygen atoms in total. The SMILES string of the molecule is COc1nc2ccc(Cl)cc2nc1[C@H](C)N(C)[S@@+]([O-])C(C)(C)C. The molecular weight excluding hydrogens is 334 g/mol. The fourth-order valence-corrected chi connectivity index (χ4v) is 3.61. The Bertz CT molecular complexity index is 706. The van der Waals surface area contributed by atoms with Crippen molar-refractivity contribution in [3.05, 3.63) is 28.9 Å². The maximum absolute atomic E-state index is 12.6. The van der Waals surface area contributed by atoms with E-state index in [1.165, 1.54) is 0 Å². The Morgan fingerprint density at radius 3 is 2.48 bits per heavy atom. The Morgan fingerprint density at radius 1 is 1.26 bits per heavy atom. The van der Waals surface area contributed by atoms with Gasteiger partial charge in [0, 0.05) is 23.4 Å². The second-order valence-electron chi connectivity index (χ2n) is 6.33. The van der Waals surface area contributed by atoms with Gasteiger partial charge < -0.3 is 9.29 Å². The first kappa shape index (κ1) is 18.3. The van der Waals surface area contributed by atoms with Gasteiger partial charge in [-0.3, -0.25) is 0 Å². The Labute approximate surface area is 145 Å². The molecule has 0 bridgehead atoms. The summed E-state index contributed by atoms with van der Waals surface area (Å²) < 4.78 is 19.4. The van der Waals surface area contributed by atoms with Gasteiger partial charge in [0.15, 0.2) is 0 Å². The highest BCUT2D eigenvalue weighted by Gasteiger charge is 2.35. The molecular formula is C16H22ClN3O2S. The number of halogens is 1. The molecule has 23 heavy (non-hydrogen) atoms. The standard InChI is InChI=1S/C16H22ClN3O2S/c1-10(20(5)23(21)16(2,3)4)14-15(22-6)19-12-8-7-11(17)9-13(12)18-14/h7-10H,1-6H3/t10-,23-/m0/s1. The molecule has 0 aliphatic rings. The lowest BCUT2D eigenvalue weighted by atomic mass is 10.2. The minimum Gasteiger partial charge on any atom is -0.597 e. The van der Waals surface area contributed by atoms with Crippen LogP contribution in [0.4, 0.5) is 0 Å². The van der Waals surface area contributed by atoms with Crippen LogP contribution >= 0.6 is 11.6 Å². The number of hydrogen-bond donors (Lipinski definition) is 0. The zero-order valence-electron chi connectivity index (χ0n) is 14.3. The molecule has 0 aliphatic heterocycles. The third-order valence-electron chi connectivity index (χ3n) is 3.54. The number of fused-ring (bicyclic) bond motifs is 1. The molecule has 2 atom stereocenters. The summed E-state index contributed by atoms with van der Waals surface area (Å²) in [5.41, 5.74) is 2.04. The van der Waals surface area contributed by atoms with E-state index in [9.17, 15) is 4.55 Å². The van der Waals surface area contributed by atoms with E-state index in [1.54, 1.807) is 29.6 Å². The van der Waals surface area contributed by atoms with Crippen molar-refractivity contribution < 1.29 is 9.29 Å². The van der Waals surface area contributed by atoms with Gasteiger partial charge in [-0.1, -0.05) is 11.6 Å². The molecule has 0 radical (unpaired) electrons. The van der Waals surface area contributed by atoms with Crippen molar-refractivity contribution in [3.63, 3.8) is 0 Å². The summed E-state index contributed by atoms with van der Waals surface area (Å²) in [6.45, 7) is 7.76. The van der Waals surface area contributed by atoms with Crippen LogP contribution in [-0.4, -0.2) is 37.7 Å². The van der Waals surface area contributed by atoms with Gasteiger partial charge in [-0.15, -0.1) is 4.31 Å². The van der Waals surface area contributed by atoms with Crippen molar-refractivity contribution in [1.29, 1.82) is 0 Å². The lowest BCUT2D eigenvalue weighted by Crippen LogP contribution is -2.42. The molecule has 0 aliphatic carbocycles. The van der Waals surface area contributed by atoms with Crippen LogP contribution in [0.1, 0.15) is 39.4 Å². The molecule has 0 fully saturated rings. The Balaban J connectivity index is 2.48. The van der Waals surface area contributed by atoms with Crippen LogP contribution in [0, 0.1) is 0 Å². The highest BCUT2D eigenvalue weighted by atomic mass is 35.5. The van der Waals surface area contributed by atoms with Gasteiger partial charge in [0.1, 0.15) is 10.4 Å². The van der Waals surface area contributed by atoms with E-state index in [4.69, 9.17) is 16.3 Å². The van der Waals surface area contributed by atoms with Crippen molar-refractivity contribution in [2.24, 2.45) is 0 Å². The van der Waals surface area contributed by atoms with Crippen molar-refractivity contribution in [3.8, 4) is 5.88 Å². The predicted octanol–water partition coefficient (Wildman–Crippen LogP) is 3.75. The first-order valence-corrected chi connectivity index (χ1v) is 8.79. The largest absolute Gasteiger partial charge is 0.597 e. The van der Waals surface area contributed by atoms with Crippen LogP contribution in [0.3, 0.4) is 0 Å². The fraction of sp³-hybridized carbons (Fsp3) is 0.500. The summed E-state index contributed by atoms with van der Waals surface area (Å²) >= 11 is 4.86. The Hall–Kier alpha value is -1.08. The van der Waals surface area contributed by atoms with Gasteiger partial charge in [-0.25, -0.2) is 9.97 Å². The number of benzene rings is 1. The molecule has 7 heteroatoms. The van der Waals surface area contributed by atoms with Crippen LogP contribution in [0.2, 0.25) is 5.02 Å². The van der Waals surface area contributed by atoms with E-state index < -0.39 is 11.4 Å². The quantitative estimate of drug-likeness (QED) is 0.782. The zero-order valence-corrected chi connectivity index (χ0v) is 15.8. The first-order chi connectivity index (χ1) is 10.6. The monoisotopic (exact) mass is 355 g/mol. The van der Waals surface area contributed by atoms with Crippen molar-refractivity contribution >= 4 is 34.0 Å². The number of ether oxygens (including phenoxy) is 1. The van der Waals surface area contributed by atoms with E-state index >= 15 is 0 Å². The summed E-state index contributed by atoms with van der Waals surface area (Å²) in [5.74, 6) is 0.435. The van der Waals surface area contributed by atoms with Gasteiger partial charge >= 0.3 is 0 Å². The number of nitrogens with zero attached hydrogens (tertiary/aromatic N) is 3. The molecule has 0 amide bonds. The molecule has 2 aromatic rings. The molecule has 1 heterocycles. The maximum atomic E-state index is 12.6. The molecule has 0 saturated carbocycles. The van der Waals surface area contributed by atoms with Crippen LogP contribution in [0.5, 0.6) is 5.88 Å². The van der Waals surface area contributed by atoms with Crippen LogP contribution in [-0.2, 0) is 11.4 Å². The maximum Gasteiger partial charge on any atom is 0.237 e. The average Bonchev–Trinajstić information content (AvgIpc) is 2.50. The van der Waals surface area contributed by atoms with Crippen LogP contribution in [0.15, 0.2) is 18.2 Å². The zero-order chi connectivity index (χ0) is 17.4. The summed E-state index contributed by atoms with van der Waals surface area (Å²) in [4.78, 5) is 9.14. The minimum absolute atomic E-state index is 0.221. The highest BCUT2D eigenvalue weighted by Crippen LogP contribution is 2.32. The summed E-state index contributed by atoms with van der Waals surface area (Å²) in [7, 11) is 3.37. The first-order valence-electron chi connectivity index (χ1n) is 7.31. The summed E-state index contributed by atoms with van der Waals surface area (Å²) in [6.07, 6.45) is 0. The lowest BCUT2D eigenvalue weighted by Gasteiger charge is -2.33. The number of rotatable bonds is 4. The smallest absolute Gasteiger partial charge is 0.237 e. The van der Waals surface area contributed by atoms with Crippen molar-refractivity contribution in [2.75, 3.05) is 14.2 Å². The Kier molecular flexibility index (Phi) is 5.41. The summed E-state index contributed by atoms with van der Waals surface area (Å²) in [6, 6.07) is 5.11. The fourth-order valence-electron chi connectivity index (χ4n) is 2.20. The third-order valence-corrected chi connectivity index (χ3v) is 5.66. The molecule has 0 N–H and O–H groups in total. The van der Waals surface area contributed by atoms with E-state index in [2.05, 4.69) is 9.97 Å². The molecule has 0 spiro atoms. The van der Waals surface area contributed by atoms with Crippen LogP contribution < -0.4 is 4.74 Å². The summed E-state index contributed by atoms with van der Waals surface area (Å²) in [5, 5.41) is 0.599. The number of hydrogen-bond acceptors (Lipinski definition) is 5. The van der Waals surface area contributed by atoms with Gasteiger partial charge in [0.05, 0.1) is 24.2 Å². The molecule has 0 unspecified atom stereocenters. The lowest BCUT2D eigenvalue weighted by molar-refractivity contribution is 0.345. The average molecular weight is 356 g/mol. The second-order valence-corrected chi connectivity index (χ2v) is 9.07. The Morgan fingerprint density at radius 2 is 1.91 bits per heavy atom.